The zero-order valence-corrected chi connectivity index (χ0v) is 11.0. The summed E-state index contributed by atoms with van der Waals surface area (Å²) in [6.07, 6.45) is 10.3. The molecular formula is C14H24N2O. The molecule has 1 aliphatic rings. The highest BCUT2D eigenvalue weighted by molar-refractivity contribution is 4.99. The van der Waals surface area contributed by atoms with E-state index in [1.807, 2.05) is 12.4 Å². The van der Waals surface area contributed by atoms with Crippen molar-refractivity contribution in [2.45, 2.75) is 65.0 Å². The third kappa shape index (κ3) is 2.39. The van der Waals surface area contributed by atoms with Gasteiger partial charge in [-0.2, -0.15) is 0 Å². The highest BCUT2D eigenvalue weighted by Crippen LogP contribution is 2.44. The van der Waals surface area contributed by atoms with E-state index < -0.39 is 0 Å². The summed E-state index contributed by atoms with van der Waals surface area (Å²) >= 11 is 0. The average Bonchev–Trinajstić information content (AvgIpc) is 2.97. The molecule has 1 fully saturated rings. The summed E-state index contributed by atoms with van der Waals surface area (Å²) in [6.45, 7) is 5.25. The molecule has 0 saturated heterocycles. The van der Waals surface area contributed by atoms with Gasteiger partial charge in [-0.15, -0.1) is 0 Å². The van der Waals surface area contributed by atoms with E-state index in [-0.39, 0.29) is 11.5 Å². The highest BCUT2D eigenvalue weighted by atomic mass is 16.3. The molecule has 2 rings (SSSR count). The summed E-state index contributed by atoms with van der Waals surface area (Å²) in [5.74, 6) is 1.03. The predicted octanol–water partition coefficient (Wildman–Crippen LogP) is 2.78. The fourth-order valence-corrected chi connectivity index (χ4v) is 3.21. The van der Waals surface area contributed by atoms with Gasteiger partial charge in [0, 0.05) is 25.4 Å². The lowest BCUT2D eigenvalue weighted by Crippen LogP contribution is -2.34. The Hall–Kier alpha value is -0.830. The SMILES string of the molecule is CCn1ccnc1CC(O)C1(CC)CCCC1. The van der Waals surface area contributed by atoms with Crippen molar-refractivity contribution in [2.24, 2.45) is 5.41 Å². The van der Waals surface area contributed by atoms with Crippen LogP contribution < -0.4 is 0 Å². The quantitative estimate of drug-likeness (QED) is 0.853. The third-order valence-corrected chi connectivity index (χ3v) is 4.53. The summed E-state index contributed by atoms with van der Waals surface area (Å²) in [6, 6.07) is 0. The number of aliphatic hydroxyl groups is 1. The Kier molecular flexibility index (Phi) is 3.87. The molecule has 1 saturated carbocycles. The van der Waals surface area contributed by atoms with E-state index in [0.717, 1.165) is 18.8 Å². The molecule has 1 heterocycles. The van der Waals surface area contributed by atoms with Crippen molar-refractivity contribution in [3.05, 3.63) is 18.2 Å². The zero-order valence-electron chi connectivity index (χ0n) is 11.0. The lowest BCUT2D eigenvalue weighted by atomic mass is 9.76. The smallest absolute Gasteiger partial charge is 0.111 e. The molecule has 17 heavy (non-hydrogen) atoms. The summed E-state index contributed by atoms with van der Waals surface area (Å²) in [5, 5.41) is 10.5. The Morgan fingerprint density at radius 2 is 2.12 bits per heavy atom. The van der Waals surface area contributed by atoms with Crippen LogP contribution in [0.5, 0.6) is 0 Å². The van der Waals surface area contributed by atoms with Gasteiger partial charge in [0.1, 0.15) is 5.82 Å². The molecule has 1 unspecified atom stereocenters. The minimum absolute atomic E-state index is 0.157. The van der Waals surface area contributed by atoms with Crippen LogP contribution in [0.1, 0.15) is 51.8 Å². The molecule has 0 amide bonds. The minimum Gasteiger partial charge on any atom is -0.392 e. The van der Waals surface area contributed by atoms with Crippen molar-refractivity contribution in [2.75, 3.05) is 0 Å². The van der Waals surface area contributed by atoms with Crippen molar-refractivity contribution in [3.8, 4) is 0 Å². The van der Waals surface area contributed by atoms with Crippen LogP contribution in [0.15, 0.2) is 12.4 Å². The zero-order chi connectivity index (χ0) is 12.3. The van der Waals surface area contributed by atoms with E-state index in [0.29, 0.717) is 6.42 Å². The molecule has 96 valence electrons. The van der Waals surface area contributed by atoms with Gasteiger partial charge < -0.3 is 9.67 Å². The van der Waals surface area contributed by atoms with E-state index in [4.69, 9.17) is 0 Å². The fourth-order valence-electron chi connectivity index (χ4n) is 3.21. The van der Waals surface area contributed by atoms with Gasteiger partial charge in [0.15, 0.2) is 0 Å². The average molecular weight is 236 g/mol. The Morgan fingerprint density at radius 1 is 1.41 bits per heavy atom. The third-order valence-electron chi connectivity index (χ3n) is 4.53. The summed E-state index contributed by atoms with van der Waals surface area (Å²) in [5.41, 5.74) is 0.157. The molecule has 0 bridgehead atoms. The number of aromatic nitrogens is 2. The molecule has 1 aliphatic carbocycles. The lowest BCUT2D eigenvalue weighted by molar-refractivity contribution is 0.0237. The first-order valence-electron chi connectivity index (χ1n) is 6.90. The molecule has 0 spiro atoms. The Labute approximate surface area is 104 Å². The number of imidazole rings is 1. The van der Waals surface area contributed by atoms with E-state index in [1.165, 1.54) is 25.7 Å². The van der Waals surface area contributed by atoms with Crippen LogP contribution in [0.3, 0.4) is 0 Å². The standard InChI is InChI=1S/C14H24N2O/c1-3-14(7-5-6-8-14)12(17)11-13-15-9-10-16(13)4-2/h9-10,12,17H,3-8,11H2,1-2H3. The number of aliphatic hydroxyl groups excluding tert-OH is 1. The molecule has 3 heteroatoms. The van der Waals surface area contributed by atoms with E-state index >= 15 is 0 Å². The van der Waals surface area contributed by atoms with Gasteiger partial charge in [-0.05, 0) is 31.6 Å². The number of hydrogen-bond donors (Lipinski definition) is 1. The molecule has 1 aromatic rings. The Bertz CT molecular complexity index is 353. The summed E-state index contributed by atoms with van der Waals surface area (Å²) in [4.78, 5) is 4.37. The molecule has 0 aromatic carbocycles. The van der Waals surface area contributed by atoms with Crippen LogP contribution >= 0.6 is 0 Å². The second-order valence-electron chi connectivity index (χ2n) is 5.27. The molecule has 3 nitrogen and oxygen atoms in total. The largest absolute Gasteiger partial charge is 0.392 e. The number of nitrogens with zero attached hydrogens (tertiary/aromatic N) is 2. The van der Waals surface area contributed by atoms with Gasteiger partial charge in [0.25, 0.3) is 0 Å². The van der Waals surface area contributed by atoms with Gasteiger partial charge in [0.2, 0.25) is 0 Å². The van der Waals surface area contributed by atoms with Gasteiger partial charge in [-0.3, -0.25) is 0 Å². The summed E-state index contributed by atoms with van der Waals surface area (Å²) in [7, 11) is 0. The molecule has 1 N–H and O–H groups in total. The maximum atomic E-state index is 10.5. The van der Waals surface area contributed by atoms with Crippen LogP contribution in [0.4, 0.5) is 0 Å². The molecule has 0 aliphatic heterocycles. The normalized spacial score (nSPS) is 20.6. The van der Waals surface area contributed by atoms with Crippen LogP contribution in [-0.4, -0.2) is 20.8 Å². The van der Waals surface area contributed by atoms with Crippen molar-refractivity contribution >= 4 is 0 Å². The van der Waals surface area contributed by atoms with Crippen molar-refractivity contribution in [1.82, 2.24) is 9.55 Å². The molecule has 1 aromatic heterocycles. The van der Waals surface area contributed by atoms with E-state index in [2.05, 4.69) is 23.4 Å². The second-order valence-corrected chi connectivity index (χ2v) is 5.27. The van der Waals surface area contributed by atoms with Gasteiger partial charge in [0.05, 0.1) is 6.10 Å². The lowest BCUT2D eigenvalue weighted by Gasteiger charge is -2.33. The predicted molar refractivity (Wildman–Crippen MR) is 68.8 cm³/mol. The fraction of sp³-hybridized carbons (Fsp3) is 0.786. The number of aryl methyl sites for hydroxylation is 1. The minimum atomic E-state index is -0.234. The first-order valence-corrected chi connectivity index (χ1v) is 6.90. The van der Waals surface area contributed by atoms with E-state index in [1.54, 1.807) is 0 Å². The second kappa shape index (κ2) is 5.21. The highest BCUT2D eigenvalue weighted by Gasteiger charge is 2.39. The van der Waals surface area contributed by atoms with Crippen LogP contribution in [0, 0.1) is 5.41 Å². The Balaban J connectivity index is 2.07. The van der Waals surface area contributed by atoms with Crippen molar-refractivity contribution < 1.29 is 5.11 Å². The first kappa shape index (κ1) is 12.6. The maximum absolute atomic E-state index is 10.5. The van der Waals surface area contributed by atoms with Crippen LogP contribution in [0.2, 0.25) is 0 Å². The van der Waals surface area contributed by atoms with Gasteiger partial charge >= 0.3 is 0 Å². The van der Waals surface area contributed by atoms with Crippen LogP contribution in [0.25, 0.3) is 0 Å². The van der Waals surface area contributed by atoms with Crippen LogP contribution in [-0.2, 0) is 13.0 Å². The molecule has 0 radical (unpaired) electrons. The van der Waals surface area contributed by atoms with Crippen molar-refractivity contribution in [3.63, 3.8) is 0 Å². The van der Waals surface area contributed by atoms with E-state index in [9.17, 15) is 5.11 Å². The molecular weight excluding hydrogens is 212 g/mol. The number of rotatable bonds is 5. The maximum Gasteiger partial charge on any atom is 0.111 e. The monoisotopic (exact) mass is 236 g/mol. The van der Waals surface area contributed by atoms with Gasteiger partial charge in [-0.25, -0.2) is 4.98 Å². The number of hydrogen-bond acceptors (Lipinski definition) is 2. The Morgan fingerprint density at radius 3 is 2.71 bits per heavy atom. The van der Waals surface area contributed by atoms with Crippen molar-refractivity contribution in [1.29, 1.82) is 0 Å². The summed E-state index contributed by atoms with van der Waals surface area (Å²) < 4.78 is 2.13. The van der Waals surface area contributed by atoms with Gasteiger partial charge in [-0.1, -0.05) is 19.8 Å². The first-order chi connectivity index (χ1) is 8.22. The topological polar surface area (TPSA) is 38.0 Å². The molecule has 1 atom stereocenters.